The number of ether oxygens (including phenoxy) is 1. The van der Waals surface area contributed by atoms with Crippen LogP contribution in [0, 0.1) is 6.92 Å². The number of pyridine rings is 1. The van der Waals surface area contributed by atoms with Gasteiger partial charge in [-0.25, -0.2) is 18.2 Å². The molecule has 0 N–H and O–H groups in total. The molecule has 1 saturated heterocycles. The molecule has 5 rings (SSSR count). The standard InChI is InChI=1S/C29H30N2O5S/c1-3-31(22-14-15-37(34,35)18-22)26(32)17-36-29(33)27-23-6-4-5-7-25(23)30-28-21(12-13-24(27)28)16-20-10-8-19(2)9-11-20/h4-11,16,22H,3,12-15,17-18H2,1-2H3/b21-16+/t22-/m0/s1. The van der Waals surface area contributed by atoms with Gasteiger partial charge in [0.25, 0.3) is 5.91 Å². The number of esters is 1. The monoisotopic (exact) mass is 518 g/mol. The Morgan fingerprint density at radius 2 is 1.86 bits per heavy atom. The Hall–Kier alpha value is -3.52. The summed E-state index contributed by atoms with van der Waals surface area (Å²) in [5.41, 5.74) is 6.11. The van der Waals surface area contributed by atoms with Crippen LogP contribution < -0.4 is 0 Å². The molecule has 37 heavy (non-hydrogen) atoms. The Balaban J connectivity index is 1.42. The molecule has 1 aromatic heterocycles. The van der Waals surface area contributed by atoms with E-state index in [9.17, 15) is 18.0 Å². The number of benzene rings is 2. The number of carbonyl (C=O) groups excluding carboxylic acids is 2. The van der Waals surface area contributed by atoms with Crippen LogP contribution in [0.5, 0.6) is 0 Å². The lowest BCUT2D eigenvalue weighted by atomic mass is 10.0. The van der Waals surface area contributed by atoms with Gasteiger partial charge in [0.1, 0.15) is 0 Å². The highest BCUT2D eigenvalue weighted by Crippen LogP contribution is 2.37. The SMILES string of the molecule is CCN(C(=O)COC(=O)c1c2c(nc3ccccc13)/C(=C/c1ccc(C)cc1)CC2)[C@H]1CCS(=O)(=O)C1. The number of aryl methyl sites for hydroxylation is 1. The number of hydrogen-bond donors (Lipinski definition) is 0. The summed E-state index contributed by atoms with van der Waals surface area (Å²) in [5, 5.41) is 0.699. The summed E-state index contributed by atoms with van der Waals surface area (Å²) in [7, 11) is -3.13. The molecule has 8 heteroatoms. The minimum absolute atomic E-state index is 0.0425. The summed E-state index contributed by atoms with van der Waals surface area (Å²) in [6.45, 7) is 3.78. The van der Waals surface area contributed by atoms with Crippen molar-refractivity contribution in [3.63, 3.8) is 0 Å². The van der Waals surface area contributed by atoms with Gasteiger partial charge in [-0.05, 0) is 62.0 Å². The Bertz CT molecular complexity index is 1510. The summed E-state index contributed by atoms with van der Waals surface area (Å²) >= 11 is 0. The van der Waals surface area contributed by atoms with E-state index in [0.717, 1.165) is 28.8 Å². The lowest BCUT2D eigenvalue weighted by Crippen LogP contribution is -2.43. The van der Waals surface area contributed by atoms with Crippen LogP contribution in [0.1, 0.15) is 52.5 Å². The van der Waals surface area contributed by atoms with Crippen LogP contribution in [0.4, 0.5) is 0 Å². The molecule has 0 unspecified atom stereocenters. The van der Waals surface area contributed by atoms with Crippen molar-refractivity contribution < 1.29 is 22.7 Å². The van der Waals surface area contributed by atoms with Gasteiger partial charge in [-0.3, -0.25) is 4.79 Å². The summed E-state index contributed by atoms with van der Waals surface area (Å²) in [6, 6.07) is 15.4. The highest BCUT2D eigenvalue weighted by Gasteiger charge is 2.34. The normalized spacial score (nSPS) is 19.2. The number of sulfone groups is 1. The van der Waals surface area contributed by atoms with E-state index in [2.05, 4.69) is 30.3 Å². The van der Waals surface area contributed by atoms with E-state index in [1.54, 1.807) is 6.92 Å². The Morgan fingerprint density at radius 1 is 1.11 bits per heavy atom. The Morgan fingerprint density at radius 3 is 2.57 bits per heavy atom. The third kappa shape index (κ3) is 5.16. The summed E-state index contributed by atoms with van der Waals surface area (Å²) in [6.07, 6.45) is 3.94. The van der Waals surface area contributed by atoms with Gasteiger partial charge >= 0.3 is 5.97 Å². The number of para-hydroxylation sites is 1. The molecule has 0 saturated carbocycles. The summed E-state index contributed by atoms with van der Waals surface area (Å²) in [4.78, 5) is 32.7. The van der Waals surface area contributed by atoms with E-state index < -0.39 is 22.4 Å². The zero-order valence-corrected chi connectivity index (χ0v) is 21.9. The summed E-state index contributed by atoms with van der Waals surface area (Å²) in [5.74, 6) is -0.906. The zero-order valence-electron chi connectivity index (χ0n) is 21.1. The number of nitrogens with zero attached hydrogens (tertiary/aromatic N) is 2. The first-order chi connectivity index (χ1) is 17.8. The van der Waals surface area contributed by atoms with E-state index in [0.29, 0.717) is 35.9 Å². The first kappa shape index (κ1) is 25.1. The maximum Gasteiger partial charge on any atom is 0.339 e. The second-order valence-electron chi connectivity index (χ2n) is 9.72. The van der Waals surface area contributed by atoms with Crippen LogP contribution in [0.15, 0.2) is 48.5 Å². The molecule has 0 spiro atoms. The van der Waals surface area contributed by atoms with E-state index >= 15 is 0 Å². The number of fused-ring (bicyclic) bond motifs is 2. The third-order valence-corrected chi connectivity index (χ3v) is 8.95. The highest BCUT2D eigenvalue weighted by atomic mass is 32.2. The smallest absolute Gasteiger partial charge is 0.339 e. The number of aromatic nitrogens is 1. The number of rotatable bonds is 6. The number of carbonyl (C=O) groups is 2. The quantitative estimate of drug-likeness (QED) is 0.454. The molecule has 2 aromatic carbocycles. The first-order valence-electron chi connectivity index (χ1n) is 12.6. The predicted octanol–water partition coefficient (Wildman–Crippen LogP) is 4.22. The largest absolute Gasteiger partial charge is 0.452 e. The fraction of sp³-hybridized carbons (Fsp3) is 0.345. The van der Waals surface area contributed by atoms with Crippen molar-refractivity contribution >= 4 is 44.3 Å². The van der Waals surface area contributed by atoms with Crippen LogP contribution in [0.3, 0.4) is 0 Å². The van der Waals surface area contributed by atoms with Crippen molar-refractivity contribution in [1.82, 2.24) is 9.88 Å². The van der Waals surface area contributed by atoms with Crippen LogP contribution >= 0.6 is 0 Å². The fourth-order valence-electron chi connectivity index (χ4n) is 5.32. The number of likely N-dealkylation sites (N-methyl/N-ethyl adjacent to an activating group) is 1. The molecule has 0 bridgehead atoms. The van der Waals surface area contributed by atoms with Crippen molar-refractivity contribution in [2.45, 2.75) is 39.2 Å². The van der Waals surface area contributed by atoms with Crippen molar-refractivity contribution in [1.29, 1.82) is 0 Å². The maximum atomic E-state index is 13.4. The molecule has 1 aliphatic carbocycles. The molecule has 1 atom stereocenters. The maximum absolute atomic E-state index is 13.4. The van der Waals surface area contributed by atoms with Gasteiger partial charge in [0.2, 0.25) is 0 Å². The fourth-order valence-corrected chi connectivity index (χ4v) is 7.05. The van der Waals surface area contributed by atoms with Gasteiger partial charge in [-0.15, -0.1) is 0 Å². The van der Waals surface area contributed by atoms with Gasteiger partial charge in [0, 0.05) is 18.0 Å². The van der Waals surface area contributed by atoms with Crippen LogP contribution in [-0.2, 0) is 25.8 Å². The topological polar surface area (TPSA) is 93.6 Å². The van der Waals surface area contributed by atoms with Crippen molar-refractivity contribution in [2.75, 3.05) is 24.7 Å². The highest BCUT2D eigenvalue weighted by molar-refractivity contribution is 7.91. The molecular formula is C29H30N2O5S. The average Bonchev–Trinajstić information content (AvgIpc) is 3.45. The van der Waals surface area contributed by atoms with E-state index in [4.69, 9.17) is 9.72 Å². The van der Waals surface area contributed by atoms with Crippen molar-refractivity contribution in [3.05, 3.63) is 76.5 Å². The lowest BCUT2D eigenvalue weighted by Gasteiger charge is -2.26. The first-order valence-corrected chi connectivity index (χ1v) is 14.4. The molecule has 1 amide bonds. The zero-order chi connectivity index (χ0) is 26.2. The molecule has 3 aromatic rings. The van der Waals surface area contributed by atoms with Gasteiger partial charge in [-0.2, -0.15) is 0 Å². The van der Waals surface area contributed by atoms with E-state index in [-0.39, 0.29) is 23.5 Å². The predicted molar refractivity (Wildman–Crippen MR) is 144 cm³/mol. The Labute approximate surface area is 217 Å². The second kappa shape index (κ2) is 10.1. The molecule has 192 valence electrons. The van der Waals surface area contributed by atoms with Crippen molar-refractivity contribution in [3.8, 4) is 0 Å². The molecule has 0 radical (unpaired) electrons. The van der Waals surface area contributed by atoms with Gasteiger partial charge in [-0.1, -0.05) is 48.0 Å². The molecule has 7 nitrogen and oxygen atoms in total. The Kier molecular flexibility index (Phi) is 6.86. The molecular weight excluding hydrogens is 488 g/mol. The van der Waals surface area contributed by atoms with Gasteiger partial charge in [0.15, 0.2) is 16.4 Å². The third-order valence-electron chi connectivity index (χ3n) is 7.20. The van der Waals surface area contributed by atoms with Gasteiger partial charge < -0.3 is 9.64 Å². The minimum atomic E-state index is -3.13. The van der Waals surface area contributed by atoms with Crippen molar-refractivity contribution in [2.24, 2.45) is 0 Å². The minimum Gasteiger partial charge on any atom is -0.452 e. The van der Waals surface area contributed by atoms with Crippen LogP contribution in [0.2, 0.25) is 0 Å². The number of hydrogen-bond acceptors (Lipinski definition) is 6. The second-order valence-corrected chi connectivity index (χ2v) is 12.0. The lowest BCUT2D eigenvalue weighted by molar-refractivity contribution is -0.136. The van der Waals surface area contributed by atoms with Crippen LogP contribution in [0.25, 0.3) is 22.6 Å². The number of amides is 1. The summed E-state index contributed by atoms with van der Waals surface area (Å²) < 4.78 is 29.3. The molecule has 2 heterocycles. The number of allylic oxidation sites excluding steroid dienone is 1. The molecule has 2 aliphatic rings. The average molecular weight is 519 g/mol. The van der Waals surface area contributed by atoms with Crippen LogP contribution in [-0.4, -0.2) is 60.9 Å². The van der Waals surface area contributed by atoms with Gasteiger partial charge in [0.05, 0.1) is 28.3 Å². The molecule has 1 aliphatic heterocycles. The van der Waals surface area contributed by atoms with E-state index in [1.165, 1.54) is 10.5 Å². The molecule has 1 fully saturated rings. The van der Waals surface area contributed by atoms with E-state index in [1.807, 2.05) is 31.2 Å².